The number of H-pyrrole nitrogens is 1. The van der Waals surface area contributed by atoms with Crippen LogP contribution in [0.2, 0.25) is 0 Å². The zero-order valence-corrected chi connectivity index (χ0v) is 16.9. The lowest BCUT2D eigenvalue weighted by Gasteiger charge is -2.17. The quantitative estimate of drug-likeness (QED) is 0.510. The standard InChI is InChI=1S/C23H30N4O/c1-3-27(4-2)16-9-5-8-15-24-19-12-10-11-18(17-19)22-20-13-6-7-14-21(20)23(28)26-25-22/h6-7,10-14,17,24H,3-5,8-9,15-16H2,1-2H3,(H,26,28). The normalized spacial score (nSPS) is 11.2. The maximum absolute atomic E-state index is 12.0. The van der Waals surface area contributed by atoms with E-state index in [4.69, 9.17) is 0 Å². The fourth-order valence-electron chi connectivity index (χ4n) is 3.52. The number of nitrogens with zero attached hydrogens (tertiary/aromatic N) is 2. The molecule has 0 bridgehead atoms. The molecule has 3 rings (SSSR count). The number of benzene rings is 2. The molecule has 5 nitrogen and oxygen atoms in total. The van der Waals surface area contributed by atoms with E-state index in [1.54, 1.807) is 0 Å². The fraction of sp³-hybridized carbons (Fsp3) is 0.391. The van der Waals surface area contributed by atoms with Gasteiger partial charge in [-0.3, -0.25) is 4.79 Å². The van der Waals surface area contributed by atoms with Crippen LogP contribution in [0.3, 0.4) is 0 Å². The Bertz CT molecular complexity index is 946. The second kappa shape index (κ2) is 10.0. The first kappa shape index (κ1) is 20.1. The summed E-state index contributed by atoms with van der Waals surface area (Å²) in [6.45, 7) is 8.86. The first-order chi connectivity index (χ1) is 13.7. The summed E-state index contributed by atoms with van der Waals surface area (Å²) in [5, 5.41) is 12.0. The van der Waals surface area contributed by atoms with Crippen molar-refractivity contribution < 1.29 is 0 Å². The van der Waals surface area contributed by atoms with Crippen LogP contribution in [0.5, 0.6) is 0 Å². The van der Waals surface area contributed by atoms with Gasteiger partial charge >= 0.3 is 0 Å². The molecule has 2 aromatic carbocycles. The Balaban J connectivity index is 1.61. The molecule has 1 heterocycles. The van der Waals surface area contributed by atoms with E-state index in [-0.39, 0.29) is 5.56 Å². The molecule has 0 aliphatic heterocycles. The van der Waals surface area contributed by atoms with Gasteiger partial charge in [0.2, 0.25) is 0 Å². The molecule has 0 atom stereocenters. The minimum Gasteiger partial charge on any atom is -0.385 e. The van der Waals surface area contributed by atoms with Crippen molar-refractivity contribution in [3.8, 4) is 11.3 Å². The number of hydrogen-bond acceptors (Lipinski definition) is 4. The van der Waals surface area contributed by atoms with E-state index < -0.39 is 0 Å². The van der Waals surface area contributed by atoms with Crippen LogP contribution in [0.1, 0.15) is 33.1 Å². The van der Waals surface area contributed by atoms with Crippen molar-refractivity contribution in [1.82, 2.24) is 15.1 Å². The predicted molar refractivity (Wildman–Crippen MR) is 118 cm³/mol. The molecule has 148 valence electrons. The lowest BCUT2D eigenvalue weighted by molar-refractivity contribution is 0.296. The summed E-state index contributed by atoms with van der Waals surface area (Å²) in [4.78, 5) is 14.5. The lowest BCUT2D eigenvalue weighted by Crippen LogP contribution is -2.23. The van der Waals surface area contributed by atoms with Crippen molar-refractivity contribution in [3.05, 3.63) is 58.9 Å². The highest BCUT2D eigenvalue weighted by Gasteiger charge is 2.08. The van der Waals surface area contributed by atoms with Gasteiger partial charge in [0.15, 0.2) is 0 Å². The van der Waals surface area contributed by atoms with Crippen LogP contribution in [0.25, 0.3) is 22.0 Å². The highest BCUT2D eigenvalue weighted by atomic mass is 16.1. The third-order valence-corrected chi connectivity index (χ3v) is 5.21. The number of hydrogen-bond donors (Lipinski definition) is 2. The highest BCUT2D eigenvalue weighted by molar-refractivity contribution is 5.94. The molecule has 0 saturated heterocycles. The maximum atomic E-state index is 12.0. The van der Waals surface area contributed by atoms with Gasteiger partial charge in [0.05, 0.1) is 11.1 Å². The zero-order chi connectivity index (χ0) is 19.8. The van der Waals surface area contributed by atoms with E-state index in [0.29, 0.717) is 5.39 Å². The number of aromatic nitrogens is 2. The second-order valence-electron chi connectivity index (χ2n) is 7.04. The Labute approximate surface area is 166 Å². The van der Waals surface area contributed by atoms with Gasteiger partial charge in [-0.1, -0.05) is 50.6 Å². The van der Waals surface area contributed by atoms with E-state index >= 15 is 0 Å². The maximum Gasteiger partial charge on any atom is 0.272 e. The van der Waals surface area contributed by atoms with Crippen molar-refractivity contribution in [2.75, 3.05) is 31.5 Å². The molecule has 2 N–H and O–H groups in total. The van der Waals surface area contributed by atoms with Crippen molar-refractivity contribution >= 4 is 16.5 Å². The van der Waals surface area contributed by atoms with E-state index in [2.05, 4.69) is 46.4 Å². The first-order valence-corrected chi connectivity index (χ1v) is 10.3. The summed E-state index contributed by atoms with van der Waals surface area (Å²) in [5.74, 6) is 0. The molecule has 0 aliphatic carbocycles. The van der Waals surface area contributed by atoms with E-state index in [0.717, 1.165) is 48.4 Å². The van der Waals surface area contributed by atoms with Gasteiger partial charge in [-0.25, -0.2) is 5.10 Å². The number of fused-ring (bicyclic) bond motifs is 1. The molecule has 0 fully saturated rings. The average molecular weight is 379 g/mol. The van der Waals surface area contributed by atoms with Crippen LogP contribution in [-0.4, -0.2) is 41.3 Å². The number of unbranched alkanes of at least 4 members (excludes halogenated alkanes) is 2. The summed E-state index contributed by atoms with van der Waals surface area (Å²) < 4.78 is 0. The SMILES string of the molecule is CCN(CC)CCCCCNc1cccc(-c2n[nH]c(=O)c3ccccc23)c1. The van der Waals surface area contributed by atoms with Gasteiger partial charge in [0.1, 0.15) is 0 Å². The monoisotopic (exact) mass is 378 g/mol. The van der Waals surface area contributed by atoms with Gasteiger partial charge in [-0.15, -0.1) is 0 Å². The summed E-state index contributed by atoms with van der Waals surface area (Å²) in [6, 6.07) is 15.8. The lowest BCUT2D eigenvalue weighted by atomic mass is 10.0. The van der Waals surface area contributed by atoms with Crippen LogP contribution in [-0.2, 0) is 0 Å². The van der Waals surface area contributed by atoms with Crippen molar-refractivity contribution in [1.29, 1.82) is 0 Å². The molecule has 1 aromatic heterocycles. The molecule has 0 radical (unpaired) electrons. The van der Waals surface area contributed by atoms with Gasteiger partial charge in [0.25, 0.3) is 5.56 Å². The van der Waals surface area contributed by atoms with Crippen LogP contribution in [0.4, 0.5) is 5.69 Å². The van der Waals surface area contributed by atoms with E-state index in [9.17, 15) is 4.79 Å². The second-order valence-corrected chi connectivity index (χ2v) is 7.04. The molecule has 0 aliphatic rings. The summed E-state index contributed by atoms with van der Waals surface area (Å²) >= 11 is 0. The number of nitrogens with one attached hydrogen (secondary N) is 2. The number of anilines is 1. The van der Waals surface area contributed by atoms with Crippen LogP contribution in [0, 0.1) is 0 Å². The highest BCUT2D eigenvalue weighted by Crippen LogP contribution is 2.26. The Morgan fingerprint density at radius 2 is 1.75 bits per heavy atom. The zero-order valence-electron chi connectivity index (χ0n) is 16.9. The fourth-order valence-corrected chi connectivity index (χ4v) is 3.52. The van der Waals surface area contributed by atoms with Crippen LogP contribution in [0.15, 0.2) is 53.3 Å². The molecule has 0 saturated carbocycles. The molecular formula is C23H30N4O. The minimum absolute atomic E-state index is 0.154. The summed E-state index contributed by atoms with van der Waals surface area (Å²) in [7, 11) is 0. The van der Waals surface area contributed by atoms with Crippen LogP contribution >= 0.6 is 0 Å². The van der Waals surface area contributed by atoms with Gasteiger partial charge in [-0.2, -0.15) is 5.10 Å². The Morgan fingerprint density at radius 3 is 2.54 bits per heavy atom. The number of aromatic amines is 1. The Kier molecular flexibility index (Phi) is 7.20. The topological polar surface area (TPSA) is 61.0 Å². The molecule has 0 unspecified atom stereocenters. The largest absolute Gasteiger partial charge is 0.385 e. The van der Waals surface area contributed by atoms with Gasteiger partial charge in [0, 0.05) is 23.2 Å². The molecule has 5 heteroatoms. The van der Waals surface area contributed by atoms with Gasteiger partial charge in [-0.05, 0) is 50.7 Å². The summed E-state index contributed by atoms with van der Waals surface area (Å²) in [6.07, 6.45) is 3.64. The van der Waals surface area contributed by atoms with E-state index in [1.165, 1.54) is 19.4 Å². The third-order valence-electron chi connectivity index (χ3n) is 5.21. The smallest absolute Gasteiger partial charge is 0.272 e. The Morgan fingerprint density at radius 1 is 0.964 bits per heavy atom. The first-order valence-electron chi connectivity index (χ1n) is 10.3. The minimum atomic E-state index is -0.154. The van der Waals surface area contributed by atoms with Crippen molar-refractivity contribution in [2.45, 2.75) is 33.1 Å². The van der Waals surface area contributed by atoms with Crippen LogP contribution < -0.4 is 10.9 Å². The van der Waals surface area contributed by atoms with E-state index in [1.807, 2.05) is 36.4 Å². The average Bonchev–Trinajstić information content (AvgIpc) is 2.74. The number of rotatable bonds is 10. The Hall–Kier alpha value is -2.66. The molecule has 0 amide bonds. The molecule has 3 aromatic rings. The molecule has 28 heavy (non-hydrogen) atoms. The van der Waals surface area contributed by atoms with Crippen molar-refractivity contribution in [2.24, 2.45) is 0 Å². The summed E-state index contributed by atoms with van der Waals surface area (Å²) in [5.41, 5.74) is 2.73. The molecular weight excluding hydrogens is 348 g/mol. The molecule has 0 spiro atoms. The van der Waals surface area contributed by atoms with Gasteiger partial charge < -0.3 is 10.2 Å². The predicted octanol–water partition coefficient (Wildman–Crippen LogP) is 4.51. The third kappa shape index (κ3) is 4.98. The van der Waals surface area contributed by atoms with Crippen molar-refractivity contribution in [3.63, 3.8) is 0 Å².